The Hall–Kier alpha value is -1.29. The molecule has 0 radical (unpaired) electrons. The third-order valence-electron chi connectivity index (χ3n) is 4.97. The zero-order valence-electron chi connectivity index (χ0n) is 12.0. The number of benzene rings is 1. The molecule has 0 unspecified atom stereocenters. The lowest BCUT2D eigenvalue weighted by Crippen LogP contribution is -2.42. The van der Waals surface area contributed by atoms with Crippen LogP contribution in [-0.4, -0.2) is 12.1 Å². The van der Waals surface area contributed by atoms with E-state index in [4.69, 9.17) is 11.6 Å². The Morgan fingerprint density at radius 3 is 2.81 bits per heavy atom. The fourth-order valence-corrected chi connectivity index (χ4v) is 4.13. The summed E-state index contributed by atoms with van der Waals surface area (Å²) in [7, 11) is 0. The van der Waals surface area contributed by atoms with Crippen molar-refractivity contribution in [1.82, 2.24) is 5.32 Å². The number of fused-ring (bicyclic) bond motifs is 2. The standard InChI is InChI=1S/C16H20ClFN2O/c1-9(13-7-10-2-3-11(13)6-10)19-16(21)20-15-5-4-12(17)8-14(15)18/h4-5,8-11,13H,2-3,6-7H2,1H3,(H2,19,20,21)/t9-,10-,11-,13+/m0/s1. The molecule has 3 rings (SSSR count). The van der Waals surface area contributed by atoms with Gasteiger partial charge in [-0.1, -0.05) is 18.0 Å². The van der Waals surface area contributed by atoms with Crippen molar-refractivity contribution in [3.8, 4) is 0 Å². The van der Waals surface area contributed by atoms with Gasteiger partial charge < -0.3 is 10.6 Å². The van der Waals surface area contributed by atoms with E-state index in [9.17, 15) is 9.18 Å². The van der Waals surface area contributed by atoms with Crippen LogP contribution in [0.15, 0.2) is 18.2 Å². The van der Waals surface area contributed by atoms with E-state index in [0.717, 1.165) is 11.8 Å². The van der Waals surface area contributed by atoms with Gasteiger partial charge in [0.25, 0.3) is 0 Å². The molecule has 0 aromatic heterocycles. The zero-order chi connectivity index (χ0) is 15.0. The number of rotatable bonds is 3. The lowest BCUT2D eigenvalue weighted by Gasteiger charge is -2.28. The first-order valence-corrected chi connectivity index (χ1v) is 7.93. The molecule has 2 aliphatic rings. The molecule has 0 heterocycles. The van der Waals surface area contributed by atoms with E-state index in [0.29, 0.717) is 10.9 Å². The highest BCUT2D eigenvalue weighted by molar-refractivity contribution is 6.30. The molecule has 2 aliphatic carbocycles. The van der Waals surface area contributed by atoms with Gasteiger partial charge in [-0.05, 0) is 62.1 Å². The summed E-state index contributed by atoms with van der Waals surface area (Å²) in [5, 5.41) is 5.81. The second-order valence-corrected chi connectivity index (χ2v) is 6.79. The number of hydrogen-bond acceptors (Lipinski definition) is 1. The average molecular weight is 311 g/mol. The van der Waals surface area contributed by atoms with Gasteiger partial charge in [-0.25, -0.2) is 9.18 Å². The molecular formula is C16H20ClFN2O. The predicted molar refractivity (Wildman–Crippen MR) is 82.0 cm³/mol. The number of amides is 2. The van der Waals surface area contributed by atoms with Crippen molar-refractivity contribution in [1.29, 1.82) is 0 Å². The normalized spacial score (nSPS) is 28.4. The van der Waals surface area contributed by atoms with Gasteiger partial charge in [0.15, 0.2) is 0 Å². The second kappa shape index (κ2) is 5.84. The number of nitrogens with one attached hydrogen (secondary N) is 2. The lowest BCUT2D eigenvalue weighted by molar-refractivity contribution is 0.230. The summed E-state index contributed by atoms with van der Waals surface area (Å²) in [5.74, 6) is 1.63. The monoisotopic (exact) mass is 310 g/mol. The quantitative estimate of drug-likeness (QED) is 0.852. The molecular weight excluding hydrogens is 291 g/mol. The summed E-state index contributed by atoms with van der Waals surface area (Å²) in [4.78, 5) is 12.0. The van der Waals surface area contributed by atoms with Gasteiger partial charge in [-0.15, -0.1) is 0 Å². The van der Waals surface area contributed by atoms with Crippen molar-refractivity contribution < 1.29 is 9.18 Å². The molecule has 0 spiro atoms. The van der Waals surface area contributed by atoms with Crippen molar-refractivity contribution in [3.05, 3.63) is 29.0 Å². The van der Waals surface area contributed by atoms with E-state index in [1.165, 1.54) is 37.8 Å². The Bertz CT molecular complexity index is 551. The predicted octanol–water partition coefficient (Wildman–Crippen LogP) is 4.43. The van der Waals surface area contributed by atoms with Gasteiger partial charge in [0.05, 0.1) is 5.69 Å². The van der Waals surface area contributed by atoms with Crippen molar-refractivity contribution in [2.24, 2.45) is 17.8 Å². The van der Waals surface area contributed by atoms with Gasteiger partial charge in [0.1, 0.15) is 5.82 Å². The summed E-state index contributed by atoms with van der Waals surface area (Å²) < 4.78 is 13.6. The molecule has 1 aromatic rings. The van der Waals surface area contributed by atoms with Crippen LogP contribution in [0.3, 0.4) is 0 Å². The van der Waals surface area contributed by atoms with Gasteiger partial charge in [-0.2, -0.15) is 0 Å². The fraction of sp³-hybridized carbons (Fsp3) is 0.562. The van der Waals surface area contributed by atoms with E-state index in [2.05, 4.69) is 10.6 Å². The van der Waals surface area contributed by atoms with Crippen molar-refractivity contribution in [3.63, 3.8) is 0 Å². The summed E-state index contributed by atoms with van der Waals surface area (Å²) in [6.45, 7) is 2.04. The molecule has 21 heavy (non-hydrogen) atoms. The molecule has 114 valence electrons. The van der Waals surface area contributed by atoms with E-state index >= 15 is 0 Å². The topological polar surface area (TPSA) is 41.1 Å². The van der Waals surface area contributed by atoms with Crippen LogP contribution in [0.25, 0.3) is 0 Å². The van der Waals surface area contributed by atoms with Gasteiger partial charge in [0, 0.05) is 11.1 Å². The highest BCUT2D eigenvalue weighted by Crippen LogP contribution is 2.49. The van der Waals surface area contributed by atoms with Crippen LogP contribution in [-0.2, 0) is 0 Å². The molecule has 2 saturated carbocycles. The van der Waals surface area contributed by atoms with Gasteiger partial charge in [0.2, 0.25) is 0 Å². The Morgan fingerprint density at radius 1 is 1.38 bits per heavy atom. The first-order valence-electron chi connectivity index (χ1n) is 7.55. The molecule has 2 fully saturated rings. The molecule has 1 aromatic carbocycles. The Balaban J connectivity index is 1.56. The first kappa shape index (κ1) is 14.6. The van der Waals surface area contributed by atoms with Crippen LogP contribution in [0.5, 0.6) is 0 Å². The number of carbonyl (C=O) groups excluding carboxylic acids is 1. The summed E-state index contributed by atoms with van der Waals surface area (Å²) in [5.41, 5.74) is 0.150. The van der Waals surface area contributed by atoms with Gasteiger partial charge >= 0.3 is 6.03 Å². The third kappa shape index (κ3) is 3.15. The average Bonchev–Trinajstić information content (AvgIpc) is 3.04. The largest absolute Gasteiger partial charge is 0.335 e. The number of anilines is 1. The van der Waals surface area contributed by atoms with Crippen molar-refractivity contribution >= 4 is 23.3 Å². The minimum Gasteiger partial charge on any atom is -0.335 e. The molecule has 2 bridgehead atoms. The molecule has 0 aliphatic heterocycles. The van der Waals surface area contributed by atoms with Gasteiger partial charge in [-0.3, -0.25) is 0 Å². The Kier molecular flexibility index (Phi) is 4.07. The Morgan fingerprint density at radius 2 is 2.19 bits per heavy atom. The molecule has 2 amide bonds. The minimum atomic E-state index is -0.523. The molecule has 2 N–H and O–H groups in total. The lowest BCUT2D eigenvalue weighted by atomic mass is 9.84. The number of carbonyl (C=O) groups is 1. The fourth-order valence-electron chi connectivity index (χ4n) is 3.97. The summed E-state index contributed by atoms with van der Waals surface area (Å²) in [6, 6.07) is 3.98. The maximum absolute atomic E-state index is 13.6. The molecule has 0 saturated heterocycles. The number of urea groups is 1. The third-order valence-corrected chi connectivity index (χ3v) is 5.21. The minimum absolute atomic E-state index is 0.121. The van der Waals surface area contributed by atoms with Crippen LogP contribution >= 0.6 is 11.6 Å². The highest BCUT2D eigenvalue weighted by Gasteiger charge is 2.42. The maximum atomic E-state index is 13.6. The van der Waals surface area contributed by atoms with Crippen molar-refractivity contribution in [2.45, 2.75) is 38.6 Å². The van der Waals surface area contributed by atoms with Crippen LogP contribution in [0, 0.1) is 23.6 Å². The van der Waals surface area contributed by atoms with Crippen LogP contribution in [0.4, 0.5) is 14.9 Å². The van der Waals surface area contributed by atoms with E-state index in [1.54, 1.807) is 6.07 Å². The van der Waals surface area contributed by atoms with Crippen LogP contribution in [0.1, 0.15) is 32.6 Å². The molecule has 5 heteroatoms. The smallest absolute Gasteiger partial charge is 0.319 e. The number of halogens is 2. The number of hydrogen-bond donors (Lipinski definition) is 2. The zero-order valence-corrected chi connectivity index (χ0v) is 12.8. The summed E-state index contributed by atoms with van der Waals surface area (Å²) in [6.07, 6.45) is 5.15. The van der Waals surface area contributed by atoms with E-state index in [-0.39, 0.29) is 17.8 Å². The Labute approximate surface area is 129 Å². The summed E-state index contributed by atoms with van der Waals surface area (Å²) >= 11 is 5.69. The maximum Gasteiger partial charge on any atom is 0.319 e. The van der Waals surface area contributed by atoms with Crippen LogP contribution < -0.4 is 10.6 Å². The van der Waals surface area contributed by atoms with E-state index in [1.807, 2.05) is 6.92 Å². The highest BCUT2D eigenvalue weighted by atomic mass is 35.5. The SMILES string of the molecule is C[C@H](NC(=O)Nc1ccc(Cl)cc1F)[C@H]1C[C@H]2CC[C@H]1C2. The first-order chi connectivity index (χ1) is 10.0. The van der Waals surface area contributed by atoms with Crippen molar-refractivity contribution in [2.75, 3.05) is 5.32 Å². The van der Waals surface area contributed by atoms with Crippen LogP contribution in [0.2, 0.25) is 5.02 Å². The van der Waals surface area contributed by atoms with E-state index < -0.39 is 5.82 Å². The second-order valence-electron chi connectivity index (χ2n) is 6.35. The molecule has 3 nitrogen and oxygen atoms in total. The molecule has 4 atom stereocenters.